The van der Waals surface area contributed by atoms with Gasteiger partial charge >= 0.3 is 0 Å². The number of benzene rings is 1. The van der Waals surface area contributed by atoms with Crippen LogP contribution in [0.4, 0.5) is 11.6 Å². The van der Waals surface area contributed by atoms with Gasteiger partial charge in [-0.3, -0.25) is 14.2 Å². The van der Waals surface area contributed by atoms with Gasteiger partial charge in [-0.2, -0.15) is 0 Å². The Kier molecular flexibility index (Phi) is 5.91. The number of nitrogens with zero attached hydrogens (tertiary/aromatic N) is 8. The Morgan fingerprint density at radius 2 is 1.45 bits per heavy atom. The second-order valence-electron chi connectivity index (χ2n) is 8.60. The van der Waals surface area contributed by atoms with E-state index in [0.29, 0.717) is 37.1 Å². The van der Waals surface area contributed by atoms with Crippen molar-refractivity contribution in [1.82, 2.24) is 29.5 Å². The standard InChI is InChI=1S/C23H28N8O2/c1-27-8-10-28(11-9-27)20-6-7-21(26-25-20)29-12-14-30(15-13-29)22(32)16-31-17-24-19-5-3-2-4-18(19)23(31)33/h2-7,17H,8-16H2,1H3. The molecular formula is C23H28N8O2. The fourth-order valence-electron chi connectivity index (χ4n) is 4.34. The van der Waals surface area contributed by atoms with Gasteiger partial charge in [0.15, 0.2) is 11.6 Å². The van der Waals surface area contributed by atoms with Gasteiger partial charge in [0.05, 0.1) is 17.2 Å². The molecule has 2 saturated heterocycles. The van der Waals surface area contributed by atoms with E-state index in [9.17, 15) is 9.59 Å². The average molecular weight is 449 g/mol. The largest absolute Gasteiger partial charge is 0.353 e. The molecule has 0 saturated carbocycles. The number of piperazine rings is 2. The van der Waals surface area contributed by atoms with Crippen LogP contribution in [0, 0.1) is 0 Å². The molecule has 0 bridgehead atoms. The maximum absolute atomic E-state index is 12.8. The van der Waals surface area contributed by atoms with E-state index < -0.39 is 0 Å². The molecule has 2 fully saturated rings. The highest BCUT2D eigenvalue weighted by atomic mass is 16.2. The number of likely N-dealkylation sites (N-methyl/N-ethyl adjacent to an activating group) is 1. The van der Waals surface area contributed by atoms with Gasteiger partial charge in [0.25, 0.3) is 5.56 Å². The first-order valence-corrected chi connectivity index (χ1v) is 11.3. The lowest BCUT2D eigenvalue weighted by Crippen LogP contribution is -2.50. The molecule has 10 heteroatoms. The van der Waals surface area contributed by atoms with E-state index >= 15 is 0 Å². The number of rotatable bonds is 4. The number of anilines is 2. The van der Waals surface area contributed by atoms with Gasteiger partial charge in [-0.05, 0) is 31.3 Å². The number of amides is 1. The summed E-state index contributed by atoms with van der Waals surface area (Å²) in [4.78, 5) is 38.3. The second kappa shape index (κ2) is 9.14. The van der Waals surface area contributed by atoms with Crippen LogP contribution in [0.3, 0.4) is 0 Å². The lowest BCUT2D eigenvalue weighted by Gasteiger charge is -2.36. The highest BCUT2D eigenvalue weighted by Gasteiger charge is 2.23. The first-order valence-electron chi connectivity index (χ1n) is 11.3. The third kappa shape index (κ3) is 4.51. The normalized spacial score (nSPS) is 17.5. The minimum atomic E-state index is -0.191. The molecule has 0 atom stereocenters. The summed E-state index contributed by atoms with van der Waals surface area (Å²) in [7, 11) is 2.13. The molecule has 5 rings (SSSR count). The van der Waals surface area contributed by atoms with Gasteiger partial charge in [0.2, 0.25) is 5.91 Å². The van der Waals surface area contributed by atoms with Crippen molar-refractivity contribution in [3.63, 3.8) is 0 Å². The summed E-state index contributed by atoms with van der Waals surface area (Å²) < 4.78 is 1.39. The first kappa shape index (κ1) is 21.3. The van der Waals surface area contributed by atoms with E-state index in [-0.39, 0.29) is 18.0 Å². The zero-order valence-electron chi connectivity index (χ0n) is 18.8. The van der Waals surface area contributed by atoms with Crippen molar-refractivity contribution in [2.24, 2.45) is 0 Å². The molecule has 4 heterocycles. The van der Waals surface area contributed by atoms with Gasteiger partial charge in [-0.15, -0.1) is 10.2 Å². The van der Waals surface area contributed by atoms with Crippen LogP contribution in [-0.2, 0) is 11.3 Å². The molecule has 33 heavy (non-hydrogen) atoms. The number of fused-ring (bicyclic) bond motifs is 1. The molecule has 2 aliphatic heterocycles. The van der Waals surface area contributed by atoms with Gasteiger partial charge in [-0.1, -0.05) is 12.1 Å². The van der Waals surface area contributed by atoms with Crippen molar-refractivity contribution in [1.29, 1.82) is 0 Å². The molecule has 1 aromatic carbocycles. The van der Waals surface area contributed by atoms with Gasteiger partial charge in [-0.25, -0.2) is 4.98 Å². The van der Waals surface area contributed by atoms with Crippen LogP contribution in [0.25, 0.3) is 10.9 Å². The molecule has 1 amide bonds. The zero-order chi connectivity index (χ0) is 22.8. The van der Waals surface area contributed by atoms with Crippen LogP contribution in [-0.4, -0.2) is 94.9 Å². The van der Waals surface area contributed by atoms with E-state index in [0.717, 1.165) is 37.8 Å². The fraction of sp³-hybridized carbons (Fsp3) is 0.435. The molecule has 0 spiro atoms. The minimum absolute atomic E-state index is 0.00378. The lowest BCUT2D eigenvalue weighted by atomic mass is 10.2. The summed E-state index contributed by atoms with van der Waals surface area (Å²) in [6.07, 6.45) is 1.45. The third-order valence-electron chi connectivity index (χ3n) is 6.46. The number of carbonyl (C=O) groups is 1. The van der Waals surface area contributed by atoms with Crippen molar-refractivity contribution in [3.05, 3.63) is 53.1 Å². The number of hydrogen-bond donors (Lipinski definition) is 0. The predicted octanol–water partition coefficient (Wildman–Crippen LogP) is 0.287. The van der Waals surface area contributed by atoms with Crippen molar-refractivity contribution in [3.8, 4) is 0 Å². The molecule has 2 aromatic heterocycles. The second-order valence-corrected chi connectivity index (χ2v) is 8.60. The maximum Gasteiger partial charge on any atom is 0.261 e. The van der Waals surface area contributed by atoms with Crippen molar-refractivity contribution >= 4 is 28.4 Å². The Morgan fingerprint density at radius 3 is 2.09 bits per heavy atom. The quantitative estimate of drug-likeness (QED) is 0.563. The maximum atomic E-state index is 12.8. The topological polar surface area (TPSA) is 90.7 Å². The summed E-state index contributed by atoms with van der Waals surface area (Å²) in [5.74, 6) is 1.66. The number of carbonyl (C=O) groups excluding carboxylic acids is 1. The van der Waals surface area contributed by atoms with E-state index in [2.05, 4.69) is 36.9 Å². The van der Waals surface area contributed by atoms with Crippen molar-refractivity contribution in [2.75, 3.05) is 69.2 Å². The molecule has 10 nitrogen and oxygen atoms in total. The number of para-hydroxylation sites is 1. The van der Waals surface area contributed by atoms with Crippen LogP contribution < -0.4 is 15.4 Å². The molecular weight excluding hydrogens is 420 g/mol. The van der Waals surface area contributed by atoms with Crippen LogP contribution in [0.1, 0.15) is 0 Å². The smallest absolute Gasteiger partial charge is 0.261 e. The Morgan fingerprint density at radius 1 is 0.848 bits per heavy atom. The molecule has 0 N–H and O–H groups in total. The summed E-state index contributed by atoms with van der Waals surface area (Å²) >= 11 is 0. The summed E-state index contributed by atoms with van der Waals surface area (Å²) in [5, 5.41) is 9.40. The summed E-state index contributed by atoms with van der Waals surface area (Å²) in [6.45, 7) is 6.49. The van der Waals surface area contributed by atoms with Crippen LogP contribution in [0.5, 0.6) is 0 Å². The minimum Gasteiger partial charge on any atom is -0.353 e. The fourth-order valence-corrected chi connectivity index (χ4v) is 4.34. The van der Waals surface area contributed by atoms with Crippen molar-refractivity contribution < 1.29 is 4.79 Å². The lowest BCUT2D eigenvalue weighted by molar-refractivity contribution is -0.132. The van der Waals surface area contributed by atoms with Crippen LogP contribution in [0.2, 0.25) is 0 Å². The van der Waals surface area contributed by atoms with E-state index in [1.807, 2.05) is 18.2 Å². The molecule has 172 valence electrons. The molecule has 0 unspecified atom stereocenters. The molecule has 2 aliphatic rings. The Balaban J connectivity index is 1.18. The molecule has 3 aromatic rings. The zero-order valence-corrected chi connectivity index (χ0v) is 18.8. The first-order chi connectivity index (χ1) is 16.1. The van der Waals surface area contributed by atoms with E-state index in [1.165, 1.54) is 10.9 Å². The van der Waals surface area contributed by atoms with Crippen LogP contribution >= 0.6 is 0 Å². The molecule has 0 aliphatic carbocycles. The Hall–Kier alpha value is -3.53. The highest BCUT2D eigenvalue weighted by molar-refractivity contribution is 5.79. The number of hydrogen-bond acceptors (Lipinski definition) is 8. The third-order valence-corrected chi connectivity index (χ3v) is 6.46. The van der Waals surface area contributed by atoms with Gasteiger partial charge in [0.1, 0.15) is 6.54 Å². The van der Waals surface area contributed by atoms with Crippen molar-refractivity contribution in [2.45, 2.75) is 6.54 Å². The molecule has 0 radical (unpaired) electrons. The highest BCUT2D eigenvalue weighted by Crippen LogP contribution is 2.18. The summed E-state index contributed by atoms with van der Waals surface area (Å²) in [5.41, 5.74) is 0.447. The SMILES string of the molecule is CN1CCN(c2ccc(N3CCN(C(=O)Cn4cnc5ccccc5c4=O)CC3)nn2)CC1. The predicted molar refractivity (Wildman–Crippen MR) is 127 cm³/mol. The van der Waals surface area contributed by atoms with E-state index in [1.54, 1.807) is 23.1 Å². The average Bonchev–Trinajstić information content (AvgIpc) is 2.86. The number of aromatic nitrogens is 4. The monoisotopic (exact) mass is 448 g/mol. The summed E-state index contributed by atoms with van der Waals surface area (Å²) in [6, 6.07) is 11.2. The van der Waals surface area contributed by atoms with Gasteiger partial charge in [0, 0.05) is 52.4 Å². The van der Waals surface area contributed by atoms with Crippen LogP contribution in [0.15, 0.2) is 47.5 Å². The van der Waals surface area contributed by atoms with E-state index in [4.69, 9.17) is 0 Å². The Labute approximate surface area is 192 Å². The Bertz CT molecular complexity index is 1180. The van der Waals surface area contributed by atoms with Gasteiger partial charge < -0.3 is 19.6 Å².